The highest BCUT2D eigenvalue weighted by Gasteiger charge is 2.24. The molecule has 1 aromatic rings. The standard InChI is InChI=1S/C8H12N2O3/c1-4(2)7(8(12)13)5-3-6(11)10-9-5/h3-4,7H,1-2H3,(H,12,13)(H2,9,10,11). The number of aromatic nitrogens is 2. The van der Waals surface area contributed by atoms with Gasteiger partial charge in [-0.15, -0.1) is 0 Å². The van der Waals surface area contributed by atoms with E-state index in [1.807, 2.05) is 0 Å². The van der Waals surface area contributed by atoms with Crippen LogP contribution in [-0.4, -0.2) is 21.3 Å². The molecular weight excluding hydrogens is 172 g/mol. The number of aromatic amines is 2. The van der Waals surface area contributed by atoms with Crippen LogP contribution in [0.25, 0.3) is 0 Å². The molecule has 0 spiro atoms. The molecular formula is C8H12N2O3. The average molecular weight is 184 g/mol. The van der Waals surface area contributed by atoms with Gasteiger partial charge in [-0.2, -0.15) is 0 Å². The van der Waals surface area contributed by atoms with Crippen molar-refractivity contribution in [2.24, 2.45) is 5.92 Å². The van der Waals surface area contributed by atoms with Crippen molar-refractivity contribution in [1.29, 1.82) is 0 Å². The summed E-state index contributed by atoms with van der Waals surface area (Å²) in [5, 5.41) is 13.7. The third-order valence-electron chi connectivity index (χ3n) is 1.88. The van der Waals surface area contributed by atoms with Crippen molar-refractivity contribution < 1.29 is 9.90 Å². The van der Waals surface area contributed by atoms with Crippen LogP contribution in [0.1, 0.15) is 25.5 Å². The topological polar surface area (TPSA) is 85.9 Å². The first-order valence-electron chi connectivity index (χ1n) is 4.02. The molecule has 0 saturated carbocycles. The molecule has 0 radical (unpaired) electrons. The SMILES string of the molecule is CC(C)C(C(=O)O)c1cc(=O)[nH][nH]1. The second kappa shape index (κ2) is 3.47. The monoisotopic (exact) mass is 184 g/mol. The fourth-order valence-electron chi connectivity index (χ4n) is 1.29. The summed E-state index contributed by atoms with van der Waals surface area (Å²) >= 11 is 0. The molecule has 0 saturated heterocycles. The molecule has 0 aliphatic rings. The Morgan fingerprint density at radius 3 is 2.38 bits per heavy atom. The van der Waals surface area contributed by atoms with Gasteiger partial charge in [0.1, 0.15) is 5.92 Å². The Morgan fingerprint density at radius 2 is 2.08 bits per heavy atom. The Labute approximate surface area is 74.8 Å². The zero-order valence-corrected chi connectivity index (χ0v) is 7.50. The van der Waals surface area contributed by atoms with Crippen LogP contribution >= 0.6 is 0 Å². The molecule has 0 aliphatic carbocycles. The van der Waals surface area contributed by atoms with Crippen molar-refractivity contribution in [3.8, 4) is 0 Å². The van der Waals surface area contributed by atoms with Crippen LogP contribution in [0.15, 0.2) is 10.9 Å². The van der Waals surface area contributed by atoms with Crippen molar-refractivity contribution >= 4 is 5.97 Å². The molecule has 0 amide bonds. The summed E-state index contributed by atoms with van der Waals surface area (Å²) < 4.78 is 0. The number of rotatable bonds is 3. The molecule has 1 heterocycles. The summed E-state index contributed by atoms with van der Waals surface area (Å²) in [6.45, 7) is 3.59. The van der Waals surface area contributed by atoms with E-state index in [1.165, 1.54) is 6.07 Å². The molecule has 5 heteroatoms. The predicted octanol–water partition coefficient (Wildman–Crippen LogP) is 0.527. The van der Waals surface area contributed by atoms with E-state index in [-0.39, 0.29) is 11.5 Å². The van der Waals surface area contributed by atoms with Gasteiger partial charge in [0, 0.05) is 6.07 Å². The summed E-state index contributed by atoms with van der Waals surface area (Å²) in [4.78, 5) is 21.6. The lowest BCUT2D eigenvalue weighted by atomic mass is 9.93. The normalized spacial score (nSPS) is 13.2. The smallest absolute Gasteiger partial charge is 0.312 e. The summed E-state index contributed by atoms with van der Waals surface area (Å²) in [5.41, 5.74) is 0.120. The van der Waals surface area contributed by atoms with Gasteiger partial charge in [-0.25, -0.2) is 0 Å². The molecule has 1 unspecified atom stereocenters. The van der Waals surface area contributed by atoms with E-state index in [0.29, 0.717) is 5.69 Å². The molecule has 3 N–H and O–H groups in total. The van der Waals surface area contributed by atoms with Gasteiger partial charge in [-0.3, -0.25) is 14.7 Å². The second-order valence-corrected chi connectivity index (χ2v) is 3.27. The Morgan fingerprint density at radius 1 is 1.46 bits per heavy atom. The van der Waals surface area contributed by atoms with Crippen LogP contribution in [0.5, 0.6) is 0 Å². The van der Waals surface area contributed by atoms with E-state index in [4.69, 9.17) is 5.11 Å². The molecule has 0 aliphatic heterocycles. The van der Waals surface area contributed by atoms with Gasteiger partial charge < -0.3 is 10.2 Å². The number of carboxylic acids is 1. The summed E-state index contributed by atoms with van der Waals surface area (Å²) in [7, 11) is 0. The van der Waals surface area contributed by atoms with E-state index in [0.717, 1.165) is 0 Å². The molecule has 0 aromatic carbocycles. The zero-order valence-electron chi connectivity index (χ0n) is 7.50. The maximum atomic E-state index is 10.8. The van der Waals surface area contributed by atoms with E-state index in [9.17, 15) is 9.59 Å². The first-order valence-corrected chi connectivity index (χ1v) is 4.02. The van der Waals surface area contributed by atoms with Gasteiger partial charge in [0.15, 0.2) is 0 Å². The maximum Gasteiger partial charge on any atom is 0.312 e. The molecule has 5 nitrogen and oxygen atoms in total. The number of aliphatic carboxylic acids is 1. The fraction of sp³-hybridized carbons (Fsp3) is 0.500. The first kappa shape index (κ1) is 9.57. The van der Waals surface area contributed by atoms with E-state index in [2.05, 4.69) is 10.2 Å². The largest absolute Gasteiger partial charge is 0.481 e. The summed E-state index contributed by atoms with van der Waals surface area (Å²) in [5.74, 6) is -1.63. The van der Waals surface area contributed by atoms with Crippen LogP contribution in [0, 0.1) is 5.92 Å². The van der Waals surface area contributed by atoms with Crippen LogP contribution in [-0.2, 0) is 4.79 Å². The minimum atomic E-state index is -0.926. The number of carboxylic acid groups (broad SMARTS) is 1. The molecule has 1 rings (SSSR count). The van der Waals surface area contributed by atoms with Crippen LogP contribution in [0.3, 0.4) is 0 Å². The Balaban J connectivity index is 3.02. The van der Waals surface area contributed by atoms with Gasteiger partial charge in [-0.05, 0) is 5.92 Å². The summed E-state index contributed by atoms with van der Waals surface area (Å²) in [6.07, 6.45) is 0. The van der Waals surface area contributed by atoms with Gasteiger partial charge >= 0.3 is 5.97 Å². The number of carbonyl (C=O) groups is 1. The lowest BCUT2D eigenvalue weighted by Gasteiger charge is -2.13. The molecule has 0 fully saturated rings. The molecule has 0 bridgehead atoms. The highest BCUT2D eigenvalue weighted by atomic mass is 16.4. The van der Waals surface area contributed by atoms with Crippen molar-refractivity contribution in [2.75, 3.05) is 0 Å². The number of nitrogens with one attached hydrogen (secondary N) is 2. The van der Waals surface area contributed by atoms with Gasteiger partial charge in [0.25, 0.3) is 5.56 Å². The maximum absolute atomic E-state index is 10.8. The van der Waals surface area contributed by atoms with Crippen molar-refractivity contribution in [1.82, 2.24) is 10.2 Å². The second-order valence-electron chi connectivity index (χ2n) is 3.27. The Hall–Kier alpha value is -1.52. The van der Waals surface area contributed by atoms with Crippen molar-refractivity contribution in [2.45, 2.75) is 19.8 Å². The summed E-state index contributed by atoms with van der Waals surface area (Å²) in [6, 6.07) is 1.28. The minimum Gasteiger partial charge on any atom is -0.481 e. The van der Waals surface area contributed by atoms with E-state index >= 15 is 0 Å². The Kier molecular flexibility index (Phi) is 2.55. The van der Waals surface area contributed by atoms with Crippen molar-refractivity contribution in [3.05, 3.63) is 22.1 Å². The third kappa shape index (κ3) is 1.99. The molecule has 1 atom stereocenters. The van der Waals surface area contributed by atoms with Crippen LogP contribution in [0.2, 0.25) is 0 Å². The number of hydrogen-bond acceptors (Lipinski definition) is 2. The third-order valence-corrected chi connectivity index (χ3v) is 1.88. The molecule has 1 aromatic heterocycles. The Bertz CT molecular complexity index is 350. The lowest BCUT2D eigenvalue weighted by molar-refractivity contribution is -0.140. The van der Waals surface area contributed by atoms with E-state index < -0.39 is 11.9 Å². The quantitative estimate of drug-likeness (QED) is 0.640. The zero-order chi connectivity index (χ0) is 10.0. The predicted molar refractivity (Wildman–Crippen MR) is 46.6 cm³/mol. The van der Waals surface area contributed by atoms with Crippen LogP contribution in [0.4, 0.5) is 0 Å². The minimum absolute atomic E-state index is 0.0519. The number of H-pyrrole nitrogens is 2. The highest BCUT2D eigenvalue weighted by Crippen LogP contribution is 2.21. The average Bonchev–Trinajstić information content (AvgIpc) is 2.34. The fourth-order valence-corrected chi connectivity index (χ4v) is 1.29. The molecule has 72 valence electrons. The lowest BCUT2D eigenvalue weighted by Crippen LogP contribution is -2.17. The highest BCUT2D eigenvalue weighted by molar-refractivity contribution is 5.75. The number of hydrogen-bond donors (Lipinski definition) is 3. The first-order chi connectivity index (χ1) is 6.02. The van der Waals surface area contributed by atoms with Gasteiger partial charge in [0.05, 0.1) is 5.69 Å². The van der Waals surface area contributed by atoms with E-state index in [1.54, 1.807) is 13.8 Å². The van der Waals surface area contributed by atoms with Crippen LogP contribution < -0.4 is 5.56 Å². The van der Waals surface area contributed by atoms with Gasteiger partial charge in [-0.1, -0.05) is 13.8 Å². The van der Waals surface area contributed by atoms with Crippen molar-refractivity contribution in [3.63, 3.8) is 0 Å². The molecule has 13 heavy (non-hydrogen) atoms. The van der Waals surface area contributed by atoms with Gasteiger partial charge in [0.2, 0.25) is 0 Å².